The standard InChI is InChI=1S/C23H21F5N4O3S/c1-21(17-8-22(17,19(34)30-2)36-20(29)32-21)13-5-11(6-14(24)18(13)25)7-16(33)15-4-3-12(9-31-15)35-10-23(26,27)28/h3-6,9,17H,7-8,10H2,1-2H3,(H2,29,32)(H,30,34)/t17-,21+,22-/m0/s1. The number of aromatic nitrogens is 1. The molecular weight excluding hydrogens is 507 g/mol. The van der Waals surface area contributed by atoms with Gasteiger partial charge < -0.3 is 15.8 Å². The molecule has 2 aliphatic rings. The Morgan fingerprint density at radius 2 is 2.00 bits per heavy atom. The van der Waals surface area contributed by atoms with Gasteiger partial charge in [0.2, 0.25) is 5.91 Å². The Kier molecular flexibility index (Phi) is 6.48. The minimum absolute atomic E-state index is 0.0631. The minimum Gasteiger partial charge on any atom is -0.483 e. The number of benzene rings is 1. The Morgan fingerprint density at radius 3 is 2.61 bits per heavy atom. The van der Waals surface area contributed by atoms with Gasteiger partial charge in [-0.25, -0.2) is 13.8 Å². The van der Waals surface area contributed by atoms with E-state index in [1.807, 2.05) is 0 Å². The molecule has 1 aromatic carbocycles. The highest BCUT2D eigenvalue weighted by Gasteiger charge is 2.70. The number of nitrogens with zero attached hydrogens (tertiary/aromatic N) is 2. The van der Waals surface area contributed by atoms with E-state index >= 15 is 4.39 Å². The Balaban J connectivity index is 1.58. The van der Waals surface area contributed by atoms with E-state index in [4.69, 9.17) is 5.73 Å². The zero-order chi connectivity index (χ0) is 26.5. The smallest absolute Gasteiger partial charge is 0.422 e. The van der Waals surface area contributed by atoms with Crippen LogP contribution in [-0.4, -0.2) is 46.4 Å². The Morgan fingerprint density at radius 1 is 1.28 bits per heavy atom. The summed E-state index contributed by atoms with van der Waals surface area (Å²) in [4.78, 5) is 33.4. The SMILES string of the molecule is CNC(=O)[C@]12C[C@H]1[C@@](C)(c1cc(CC(=O)c3ccc(OCC(F)(F)F)cn3)cc(F)c1F)N=C(N)S2. The number of thioether (sulfide) groups is 1. The van der Waals surface area contributed by atoms with E-state index in [2.05, 4.69) is 20.0 Å². The molecule has 3 atom stereocenters. The number of nitrogens with one attached hydrogen (secondary N) is 1. The van der Waals surface area contributed by atoms with Crippen molar-refractivity contribution in [2.75, 3.05) is 13.7 Å². The van der Waals surface area contributed by atoms with Gasteiger partial charge in [0.05, 0.1) is 11.7 Å². The second-order valence-electron chi connectivity index (χ2n) is 8.75. The van der Waals surface area contributed by atoms with Crippen LogP contribution in [0.1, 0.15) is 35.0 Å². The fraction of sp³-hybridized carbons (Fsp3) is 0.391. The number of hydrogen-bond acceptors (Lipinski definition) is 7. The number of amides is 1. The van der Waals surface area contributed by atoms with Crippen LogP contribution in [0.2, 0.25) is 0 Å². The molecule has 1 amide bonds. The van der Waals surface area contributed by atoms with Crippen molar-refractivity contribution in [1.29, 1.82) is 0 Å². The average molecular weight is 529 g/mol. The minimum atomic E-state index is -4.53. The summed E-state index contributed by atoms with van der Waals surface area (Å²) in [6.45, 7) is 0.0612. The van der Waals surface area contributed by atoms with Gasteiger partial charge in [0.15, 0.2) is 29.2 Å². The number of fused-ring (bicyclic) bond motifs is 1. The van der Waals surface area contributed by atoms with Crippen molar-refractivity contribution in [1.82, 2.24) is 10.3 Å². The van der Waals surface area contributed by atoms with Crippen molar-refractivity contribution in [3.63, 3.8) is 0 Å². The van der Waals surface area contributed by atoms with Crippen molar-refractivity contribution >= 4 is 28.6 Å². The molecule has 36 heavy (non-hydrogen) atoms. The van der Waals surface area contributed by atoms with E-state index in [0.29, 0.717) is 6.42 Å². The highest BCUT2D eigenvalue weighted by atomic mass is 32.2. The largest absolute Gasteiger partial charge is 0.483 e. The molecule has 1 fully saturated rings. The number of nitrogens with two attached hydrogens (primary N) is 1. The van der Waals surface area contributed by atoms with Crippen molar-refractivity contribution in [3.8, 4) is 5.75 Å². The lowest BCUT2D eigenvalue weighted by Gasteiger charge is -2.33. The van der Waals surface area contributed by atoms with Gasteiger partial charge in [-0.3, -0.25) is 14.6 Å². The molecule has 2 heterocycles. The van der Waals surface area contributed by atoms with Crippen molar-refractivity contribution in [2.24, 2.45) is 16.6 Å². The van der Waals surface area contributed by atoms with Gasteiger partial charge in [0.25, 0.3) is 0 Å². The van der Waals surface area contributed by atoms with Gasteiger partial charge >= 0.3 is 6.18 Å². The number of pyridine rings is 1. The van der Waals surface area contributed by atoms with Gasteiger partial charge in [-0.2, -0.15) is 13.2 Å². The number of carbonyl (C=O) groups is 2. The summed E-state index contributed by atoms with van der Waals surface area (Å²) < 4.78 is 70.1. The van der Waals surface area contributed by atoms with Crippen LogP contribution in [0.15, 0.2) is 35.5 Å². The summed E-state index contributed by atoms with van der Waals surface area (Å²) in [7, 11) is 1.47. The molecule has 0 radical (unpaired) electrons. The Bertz CT molecular complexity index is 1250. The fourth-order valence-electron chi connectivity index (χ4n) is 4.47. The lowest BCUT2D eigenvalue weighted by molar-refractivity contribution is -0.153. The summed E-state index contributed by atoms with van der Waals surface area (Å²) in [6, 6.07) is 4.54. The molecule has 7 nitrogen and oxygen atoms in total. The molecular formula is C23H21F5N4O3S. The molecule has 0 bridgehead atoms. The lowest BCUT2D eigenvalue weighted by Crippen LogP contribution is -2.43. The molecule has 192 valence electrons. The first-order chi connectivity index (χ1) is 16.8. The maximum Gasteiger partial charge on any atom is 0.422 e. The zero-order valence-corrected chi connectivity index (χ0v) is 19.9. The van der Waals surface area contributed by atoms with Gasteiger partial charge in [-0.15, -0.1) is 0 Å². The Hall–Kier alpha value is -3.22. The molecule has 1 aliphatic carbocycles. The maximum absolute atomic E-state index is 15.0. The third kappa shape index (κ3) is 4.75. The molecule has 3 N–H and O–H groups in total. The van der Waals surface area contributed by atoms with E-state index in [1.165, 1.54) is 19.2 Å². The number of Topliss-reactive ketones (excluding diaryl/α,β-unsaturated/α-hetero) is 1. The lowest BCUT2D eigenvalue weighted by atomic mass is 9.84. The quantitative estimate of drug-likeness (QED) is 0.421. The predicted molar refractivity (Wildman–Crippen MR) is 122 cm³/mol. The summed E-state index contributed by atoms with van der Waals surface area (Å²) in [5, 5.41) is 2.64. The van der Waals surface area contributed by atoms with Crippen LogP contribution in [0.3, 0.4) is 0 Å². The van der Waals surface area contributed by atoms with Gasteiger partial charge in [0, 0.05) is 24.9 Å². The van der Waals surface area contributed by atoms with Crippen molar-refractivity contribution in [2.45, 2.75) is 36.2 Å². The van der Waals surface area contributed by atoms with E-state index < -0.39 is 46.4 Å². The summed E-state index contributed by atoms with van der Waals surface area (Å²) in [6.07, 6.45) is -3.56. The number of aliphatic imine (C=N–C) groups is 1. The molecule has 13 heteroatoms. The predicted octanol–water partition coefficient (Wildman–Crippen LogP) is 3.51. The second kappa shape index (κ2) is 9.02. The van der Waals surface area contributed by atoms with Crippen LogP contribution in [-0.2, 0) is 16.8 Å². The first kappa shape index (κ1) is 25.9. The molecule has 1 aromatic heterocycles. The van der Waals surface area contributed by atoms with Crippen LogP contribution in [0.4, 0.5) is 22.0 Å². The number of ketones is 1. The third-order valence-electron chi connectivity index (χ3n) is 6.25. The number of alkyl halides is 3. The number of rotatable bonds is 7. The topological polar surface area (TPSA) is 107 Å². The van der Waals surface area contributed by atoms with Crippen LogP contribution < -0.4 is 15.8 Å². The molecule has 0 spiro atoms. The zero-order valence-electron chi connectivity index (χ0n) is 19.1. The van der Waals surface area contributed by atoms with E-state index in [9.17, 15) is 27.2 Å². The summed E-state index contributed by atoms with van der Waals surface area (Å²) >= 11 is 1.08. The van der Waals surface area contributed by atoms with Crippen LogP contribution in [0, 0.1) is 17.6 Å². The first-order valence-corrected chi connectivity index (χ1v) is 11.5. The van der Waals surface area contributed by atoms with Crippen LogP contribution in [0.25, 0.3) is 0 Å². The fourth-order valence-corrected chi connectivity index (χ4v) is 5.90. The van der Waals surface area contributed by atoms with Crippen molar-refractivity contribution in [3.05, 3.63) is 58.9 Å². The molecule has 0 unspecified atom stereocenters. The summed E-state index contributed by atoms with van der Waals surface area (Å²) in [5.41, 5.74) is 4.53. The number of halogens is 5. The molecule has 2 aromatic rings. The second-order valence-corrected chi connectivity index (χ2v) is 10.1. The number of carbonyl (C=O) groups excluding carboxylic acids is 2. The van der Waals surface area contributed by atoms with E-state index in [0.717, 1.165) is 30.1 Å². The van der Waals surface area contributed by atoms with E-state index in [-0.39, 0.29) is 40.1 Å². The van der Waals surface area contributed by atoms with E-state index in [1.54, 1.807) is 6.92 Å². The normalized spacial score (nSPS) is 25.0. The summed E-state index contributed by atoms with van der Waals surface area (Å²) in [5.74, 6) is -3.84. The van der Waals surface area contributed by atoms with Gasteiger partial charge in [-0.1, -0.05) is 11.8 Å². The highest BCUT2D eigenvalue weighted by molar-refractivity contribution is 8.15. The monoisotopic (exact) mass is 528 g/mol. The maximum atomic E-state index is 15.0. The highest BCUT2D eigenvalue weighted by Crippen LogP contribution is 2.66. The first-order valence-electron chi connectivity index (χ1n) is 10.7. The van der Waals surface area contributed by atoms with Gasteiger partial charge in [-0.05, 0) is 43.2 Å². The Labute approximate surface area is 206 Å². The number of ether oxygens (including phenoxy) is 1. The number of hydrogen-bond donors (Lipinski definition) is 2. The molecule has 0 saturated heterocycles. The average Bonchev–Trinajstić information content (AvgIpc) is 3.55. The third-order valence-corrected chi connectivity index (χ3v) is 7.55. The molecule has 1 aliphatic heterocycles. The molecule has 4 rings (SSSR count). The van der Waals surface area contributed by atoms with Crippen LogP contribution >= 0.6 is 11.8 Å². The van der Waals surface area contributed by atoms with Crippen molar-refractivity contribution < 1.29 is 36.3 Å². The molecule has 1 saturated carbocycles. The van der Waals surface area contributed by atoms with Gasteiger partial charge in [0.1, 0.15) is 16.2 Å². The number of amidine groups is 1. The van der Waals surface area contributed by atoms with Crippen LogP contribution in [0.5, 0.6) is 5.75 Å².